The first-order valence-electron chi connectivity index (χ1n) is 12.5. The van der Waals surface area contributed by atoms with Crippen LogP contribution in [0.5, 0.6) is 5.75 Å². The van der Waals surface area contributed by atoms with E-state index in [-0.39, 0.29) is 23.1 Å². The molecule has 2 aromatic rings. The first-order chi connectivity index (χ1) is 16.9. The zero-order chi connectivity index (χ0) is 26.1. The van der Waals surface area contributed by atoms with E-state index in [0.717, 1.165) is 5.56 Å². The number of hydrogen-bond acceptors (Lipinski definition) is 6. The molecule has 1 heterocycles. The van der Waals surface area contributed by atoms with E-state index in [4.69, 9.17) is 14.6 Å². The molecule has 1 saturated heterocycles. The van der Waals surface area contributed by atoms with E-state index < -0.39 is 15.6 Å². The predicted octanol–water partition coefficient (Wildman–Crippen LogP) is 4.27. The minimum absolute atomic E-state index is 0.000497. The van der Waals surface area contributed by atoms with Gasteiger partial charge in [0, 0.05) is 32.2 Å². The summed E-state index contributed by atoms with van der Waals surface area (Å²) in [5, 5.41) is 5.23. The van der Waals surface area contributed by atoms with E-state index in [2.05, 4.69) is 29.2 Å². The number of piperazine rings is 1. The number of ether oxygens (including phenoxy) is 2. The molecule has 1 aliphatic carbocycles. The summed E-state index contributed by atoms with van der Waals surface area (Å²) in [4.78, 5) is 16.7. The highest BCUT2D eigenvalue weighted by Crippen LogP contribution is 2.40. The third-order valence-corrected chi connectivity index (χ3v) is 7.48. The van der Waals surface area contributed by atoms with E-state index >= 15 is 0 Å². The van der Waals surface area contributed by atoms with Crippen LogP contribution in [0.3, 0.4) is 0 Å². The van der Waals surface area contributed by atoms with Crippen molar-refractivity contribution in [2.24, 2.45) is 5.14 Å². The maximum atomic E-state index is 12.6. The topological polar surface area (TPSA) is 102 Å². The summed E-state index contributed by atoms with van der Waals surface area (Å²) in [6.07, 6.45) is 1.94. The quantitative estimate of drug-likeness (QED) is 0.591. The van der Waals surface area contributed by atoms with Crippen molar-refractivity contribution in [2.45, 2.75) is 69.1 Å². The molecule has 0 aromatic heterocycles. The van der Waals surface area contributed by atoms with Gasteiger partial charge in [0.15, 0.2) is 0 Å². The first kappa shape index (κ1) is 26.4. The molecule has 1 saturated carbocycles. The first-order valence-corrected chi connectivity index (χ1v) is 14.0. The van der Waals surface area contributed by atoms with Gasteiger partial charge in [-0.3, -0.25) is 4.90 Å². The van der Waals surface area contributed by atoms with E-state index in [1.54, 1.807) is 17.0 Å². The summed E-state index contributed by atoms with van der Waals surface area (Å²) in [5.74, 6) is 1.24. The number of amides is 1. The number of nitrogens with zero attached hydrogens (tertiary/aromatic N) is 2. The number of carbonyl (C=O) groups is 1. The van der Waals surface area contributed by atoms with Gasteiger partial charge in [-0.2, -0.15) is 0 Å². The van der Waals surface area contributed by atoms with Crippen molar-refractivity contribution in [3.05, 3.63) is 59.7 Å². The Morgan fingerprint density at radius 3 is 2.22 bits per heavy atom. The van der Waals surface area contributed by atoms with Crippen LogP contribution in [-0.2, 0) is 14.8 Å². The Bertz CT molecular complexity index is 1160. The van der Waals surface area contributed by atoms with Gasteiger partial charge in [0.2, 0.25) is 10.0 Å². The van der Waals surface area contributed by atoms with Crippen LogP contribution in [0.25, 0.3) is 0 Å². The van der Waals surface area contributed by atoms with Crippen molar-refractivity contribution in [1.29, 1.82) is 0 Å². The lowest BCUT2D eigenvalue weighted by Gasteiger charge is -2.41. The Morgan fingerprint density at radius 1 is 1.06 bits per heavy atom. The molecule has 4 rings (SSSR count). The van der Waals surface area contributed by atoms with Crippen molar-refractivity contribution < 1.29 is 22.7 Å². The van der Waals surface area contributed by atoms with E-state index in [1.165, 1.54) is 30.5 Å². The summed E-state index contributed by atoms with van der Waals surface area (Å²) in [7, 11) is -3.77. The fourth-order valence-electron chi connectivity index (χ4n) is 4.51. The Morgan fingerprint density at radius 2 is 1.69 bits per heavy atom. The molecular formula is C27H37N3O5S. The third-order valence-electron chi connectivity index (χ3n) is 6.55. The minimum atomic E-state index is -3.77. The summed E-state index contributed by atoms with van der Waals surface area (Å²) >= 11 is 0. The number of sulfonamides is 1. The van der Waals surface area contributed by atoms with Crippen molar-refractivity contribution >= 4 is 16.1 Å². The Hall–Kier alpha value is -2.62. The average Bonchev–Trinajstić information content (AvgIpc) is 3.63. The van der Waals surface area contributed by atoms with Crippen molar-refractivity contribution in [3.63, 3.8) is 0 Å². The average molecular weight is 516 g/mol. The third kappa shape index (κ3) is 6.99. The van der Waals surface area contributed by atoms with Crippen LogP contribution in [0.4, 0.5) is 4.79 Å². The van der Waals surface area contributed by atoms with Crippen LogP contribution in [0.1, 0.15) is 63.7 Å². The molecule has 1 amide bonds. The molecule has 2 fully saturated rings. The van der Waals surface area contributed by atoms with Crippen LogP contribution >= 0.6 is 0 Å². The molecule has 8 nitrogen and oxygen atoms in total. The van der Waals surface area contributed by atoms with Gasteiger partial charge in [0.05, 0.1) is 4.90 Å². The van der Waals surface area contributed by atoms with Crippen LogP contribution in [0.15, 0.2) is 53.4 Å². The molecule has 0 radical (unpaired) electrons. The largest absolute Gasteiger partial charge is 0.484 e. The number of benzene rings is 2. The van der Waals surface area contributed by atoms with E-state index in [1.807, 2.05) is 27.7 Å². The van der Waals surface area contributed by atoms with Crippen molar-refractivity contribution in [3.8, 4) is 5.75 Å². The molecule has 1 aliphatic heterocycles. The van der Waals surface area contributed by atoms with Crippen LogP contribution < -0.4 is 9.88 Å². The molecule has 0 bridgehead atoms. The fraction of sp³-hybridized carbons (Fsp3) is 0.519. The highest BCUT2D eigenvalue weighted by molar-refractivity contribution is 7.89. The van der Waals surface area contributed by atoms with Gasteiger partial charge in [-0.25, -0.2) is 18.4 Å². The summed E-state index contributed by atoms with van der Waals surface area (Å²) in [5.41, 5.74) is 1.88. The second-order valence-corrected chi connectivity index (χ2v) is 12.4. The summed E-state index contributed by atoms with van der Waals surface area (Å²) < 4.78 is 35.2. The SMILES string of the molecule is C[C@@H]1CN(CC(Oc2ccc(S(N)(=O)=O)cc2)c2ccc(C3CC3)cc2)CCN1C(=O)OC(C)(C)C. The van der Waals surface area contributed by atoms with Gasteiger partial charge in [0.1, 0.15) is 17.5 Å². The van der Waals surface area contributed by atoms with Gasteiger partial charge in [-0.1, -0.05) is 24.3 Å². The van der Waals surface area contributed by atoms with Gasteiger partial charge >= 0.3 is 6.09 Å². The molecule has 2 atom stereocenters. The number of nitrogens with two attached hydrogens (primary N) is 1. The maximum Gasteiger partial charge on any atom is 0.410 e. The molecule has 0 spiro atoms. The molecule has 36 heavy (non-hydrogen) atoms. The summed E-state index contributed by atoms with van der Waals surface area (Å²) in [6, 6.07) is 14.8. The lowest BCUT2D eigenvalue weighted by atomic mass is 10.0. The lowest BCUT2D eigenvalue weighted by Crippen LogP contribution is -2.55. The number of rotatable bonds is 7. The molecule has 2 N–H and O–H groups in total. The highest BCUT2D eigenvalue weighted by atomic mass is 32.2. The Kier molecular flexibility index (Phi) is 7.64. The zero-order valence-electron chi connectivity index (χ0n) is 21.5. The number of primary sulfonamides is 1. The standard InChI is InChI=1S/C27H37N3O5S/c1-19-17-29(15-16-30(19)26(31)35-27(2,3)4)18-25(22-9-7-21(8-10-22)20-5-6-20)34-23-11-13-24(14-12-23)36(28,32)33/h7-14,19-20,25H,5-6,15-18H2,1-4H3,(H2,28,32,33)/t19-,25?/m1/s1. The number of carbonyl (C=O) groups excluding carboxylic acids is 1. The molecular weight excluding hydrogens is 478 g/mol. The van der Waals surface area contributed by atoms with Gasteiger partial charge < -0.3 is 14.4 Å². The monoisotopic (exact) mass is 515 g/mol. The zero-order valence-corrected chi connectivity index (χ0v) is 22.3. The highest BCUT2D eigenvalue weighted by Gasteiger charge is 2.32. The fourth-order valence-corrected chi connectivity index (χ4v) is 5.02. The molecule has 196 valence electrons. The van der Waals surface area contributed by atoms with Crippen molar-refractivity contribution in [2.75, 3.05) is 26.2 Å². The maximum absolute atomic E-state index is 12.6. The normalized spacial score (nSPS) is 20.1. The molecule has 2 aromatic carbocycles. The van der Waals surface area contributed by atoms with E-state index in [0.29, 0.717) is 37.8 Å². The number of hydrogen-bond donors (Lipinski definition) is 1. The van der Waals surface area contributed by atoms with Crippen LogP contribution in [-0.4, -0.2) is 62.1 Å². The van der Waals surface area contributed by atoms with Gasteiger partial charge in [-0.15, -0.1) is 0 Å². The van der Waals surface area contributed by atoms with Crippen LogP contribution in [0, 0.1) is 0 Å². The second kappa shape index (κ2) is 10.4. The smallest absolute Gasteiger partial charge is 0.410 e. The minimum Gasteiger partial charge on any atom is -0.484 e. The lowest BCUT2D eigenvalue weighted by molar-refractivity contribution is -0.00297. The Labute approximate surface area is 214 Å². The second-order valence-electron chi connectivity index (χ2n) is 10.8. The predicted molar refractivity (Wildman–Crippen MR) is 138 cm³/mol. The Balaban J connectivity index is 1.47. The van der Waals surface area contributed by atoms with Gasteiger partial charge in [0.25, 0.3) is 0 Å². The summed E-state index contributed by atoms with van der Waals surface area (Å²) in [6.45, 7) is 10.3. The van der Waals surface area contributed by atoms with Crippen molar-refractivity contribution in [1.82, 2.24) is 9.80 Å². The molecule has 9 heteroatoms. The van der Waals surface area contributed by atoms with E-state index in [9.17, 15) is 13.2 Å². The van der Waals surface area contributed by atoms with Gasteiger partial charge in [-0.05, 0) is 81.8 Å². The molecule has 2 aliphatic rings. The molecule has 1 unspecified atom stereocenters. The van der Waals surface area contributed by atoms with Crippen LogP contribution in [0.2, 0.25) is 0 Å².